The smallest absolute Gasteiger partial charge is 0.272 e. The number of rotatable bonds is 11. The number of nitrogens with zero attached hydrogens (tertiary/aromatic N) is 3. The maximum absolute atomic E-state index is 13.0. The molecule has 1 aliphatic rings. The van der Waals surface area contributed by atoms with Crippen LogP contribution in [0.3, 0.4) is 0 Å². The zero-order valence-electron chi connectivity index (χ0n) is 20.2. The summed E-state index contributed by atoms with van der Waals surface area (Å²) < 4.78 is 41.5. The van der Waals surface area contributed by atoms with Crippen LogP contribution in [-0.2, 0) is 21.3 Å². The second kappa shape index (κ2) is 11.1. The number of carbonyl (C=O) groups is 1. The lowest BCUT2D eigenvalue weighted by atomic mass is 10.2. The number of aromatic nitrogens is 2. The Morgan fingerprint density at radius 1 is 1.40 bits per heavy atom. The SMILES string of the molecule is CC[C@@H](C)NS(=O)(=O)c1cc([N+](=O)[O-])ccc1Oc1c(C)c(C(=O)NC[C@H]2CCCO2)nn1CC. The normalized spacial score (nSPS) is 16.7. The first kappa shape index (κ1) is 26.6. The second-order valence-electron chi connectivity index (χ2n) is 8.36. The standard InChI is InChI=1S/C22H31N5O7S/c1-5-14(3)25-35(31,32)19-12-16(27(29)30)9-10-18(19)34-22-15(4)20(24-26(22)6-2)21(28)23-13-17-8-7-11-33-17/h9-10,12,14,17,25H,5-8,11,13H2,1-4H3,(H,23,28)/t14-,17-/m1/s1. The van der Waals surface area contributed by atoms with Crippen molar-refractivity contribution < 1.29 is 27.6 Å². The summed E-state index contributed by atoms with van der Waals surface area (Å²) in [6.45, 7) is 8.32. The molecule has 2 aromatic rings. The minimum absolute atomic E-state index is 0.0332. The van der Waals surface area contributed by atoms with Gasteiger partial charge in [0.2, 0.25) is 15.9 Å². The fourth-order valence-electron chi connectivity index (χ4n) is 3.61. The molecule has 2 heterocycles. The third-order valence-electron chi connectivity index (χ3n) is 5.76. The number of nitrogens with one attached hydrogen (secondary N) is 2. The van der Waals surface area contributed by atoms with Crippen molar-refractivity contribution in [3.05, 3.63) is 39.6 Å². The molecular formula is C22H31N5O7S. The van der Waals surface area contributed by atoms with Crippen molar-refractivity contribution in [3.63, 3.8) is 0 Å². The molecule has 2 N–H and O–H groups in total. The summed E-state index contributed by atoms with van der Waals surface area (Å²) in [4.78, 5) is 23.0. The summed E-state index contributed by atoms with van der Waals surface area (Å²) in [7, 11) is -4.14. The molecule has 1 fully saturated rings. The second-order valence-corrected chi connectivity index (χ2v) is 10.0. The number of carbonyl (C=O) groups excluding carboxylic acids is 1. The van der Waals surface area contributed by atoms with Gasteiger partial charge in [0.25, 0.3) is 11.6 Å². The Morgan fingerprint density at radius 2 is 2.14 bits per heavy atom. The lowest BCUT2D eigenvalue weighted by molar-refractivity contribution is -0.385. The summed E-state index contributed by atoms with van der Waals surface area (Å²) in [6.07, 6.45) is 2.32. The Kier molecular flexibility index (Phi) is 8.46. The van der Waals surface area contributed by atoms with Crippen molar-refractivity contribution in [2.45, 2.75) is 70.5 Å². The molecule has 0 spiro atoms. The van der Waals surface area contributed by atoms with Gasteiger partial charge in [-0.15, -0.1) is 0 Å². The van der Waals surface area contributed by atoms with Crippen molar-refractivity contribution in [1.82, 2.24) is 19.8 Å². The Labute approximate surface area is 204 Å². The highest BCUT2D eigenvalue weighted by Gasteiger charge is 2.28. The van der Waals surface area contributed by atoms with Gasteiger partial charge in [0, 0.05) is 43.4 Å². The van der Waals surface area contributed by atoms with Crippen LogP contribution >= 0.6 is 0 Å². The number of ether oxygens (including phenoxy) is 2. The first-order chi connectivity index (χ1) is 16.6. The number of hydrogen-bond donors (Lipinski definition) is 2. The van der Waals surface area contributed by atoms with E-state index in [1.54, 1.807) is 20.8 Å². The van der Waals surface area contributed by atoms with E-state index in [0.29, 0.717) is 31.7 Å². The molecule has 192 valence electrons. The van der Waals surface area contributed by atoms with Gasteiger partial charge in [-0.05, 0) is 46.1 Å². The predicted octanol–water partition coefficient (Wildman–Crippen LogP) is 2.90. The van der Waals surface area contributed by atoms with E-state index in [-0.39, 0.29) is 28.3 Å². The summed E-state index contributed by atoms with van der Waals surface area (Å²) in [5.41, 5.74) is 0.161. The highest BCUT2D eigenvalue weighted by atomic mass is 32.2. The number of hydrogen-bond acceptors (Lipinski definition) is 8. The van der Waals surface area contributed by atoms with Gasteiger partial charge < -0.3 is 14.8 Å². The average molecular weight is 510 g/mol. The van der Waals surface area contributed by atoms with Crippen LogP contribution in [-0.4, -0.2) is 54.3 Å². The summed E-state index contributed by atoms with van der Waals surface area (Å²) >= 11 is 0. The molecule has 0 unspecified atom stereocenters. The van der Waals surface area contributed by atoms with E-state index in [2.05, 4.69) is 15.1 Å². The quantitative estimate of drug-likeness (QED) is 0.346. The van der Waals surface area contributed by atoms with Crippen LogP contribution in [0.4, 0.5) is 5.69 Å². The van der Waals surface area contributed by atoms with Crippen molar-refractivity contribution in [3.8, 4) is 11.6 Å². The number of benzene rings is 1. The third kappa shape index (κ3) is 6.16. The van der Waals surface area contributed by atoms with Gasteiger partial charge in [0.15, 0.2) is 5.69 Å². The van der Waals surface area contributed by atoms with E-state index < -0.39 is 32.6 Å². The van der Waals surface area contributed by atoms with Crippen LogP contribution < -0.4 is 14.8 Å². The molecule has 0 aliphatic carbocycles. The van der Waals surface area contributed by atoms with Crippen molar-refractivity contribution in [1.29, 1.82) is 0 Å². The lowest BCUT2D eigenvalue weighted by Gasteiger charge is -2.16. The van der Waals surface area contributed by atoms with Gasteiger partial charge in [0.05, 0.1) is 11.0 Å². The molecule has 1 aromatic heterocycles. The van der Waals surface area contributed by atoms with Gasteiger partial charge in [-0.25, -0.2) is 17.8 Å². The van der Waals surface area contributed by atoms with Crippen LogP contribution in [0.25, 0.3) is 0 Å². The zero-order chi connectivity index (χ0) is 25.8. The van der Waals surface area contributed by atoms with E-state index in [9.17, 15) is 23.3 Å². The van der Waals surface area contributed by atoms with E-state index in [0.717, 1.165) is 25.0 Å². The zero-order valence-corrected chi connectivity index (χ0v) is 21.1. The van der Waals surface area contributed by atoms with Gasteiger partial charge >= 0.3 is 0 Å². The van der Waals surface area contributed by atoms with Crippen LogP contribution in [0.2, 0.25) is 0 Å². The minimum Gasteiger partial charge on any atom is -0.438 e. The molecule has 1 aromatic carbocycles. The predicted molar refractivity (Wildman–Crippen MR) is 127 cm³/mol. The molecule has 13 heteroatoms. The van der Waals surface area contributed by atoms with Gasteiger partial charge in [-0.2, -0.15) is 5.10 Å². The number of aryl methyl sites for hydroxylation is 1. The Balaban J connectivity index is 1.95. The first-order valence-corrected chi connectivity index (χ1v) is 13.0. The molecule has 1 saturated heterocycles. The van der Waals surface area contributed by atoms with Gasteiger partial charge in [-0.3, -0.25) is 14.9 Å². The summed E-state index contributed by atoms with van der Waals surface area (Å²) in [5.74, 6) is -0.343. The van der Waals surface area contributed by atoms with E-state index in [1.165, 1.54) is 10.7 Å². The Hall–Kier alpha value is -3.03. The maximum Gasteiger partial charge on any atom is 0.272 e. The van der Waals surface area contributed by atoms with Crippen molar-refractivity contribution in [2.75, 3.05) is 13.2 Å². The van der Waals surface area contributed by atoms with E-state index >= 15 is 0 Å². The molecule has 0 saturated carbocycles. The monoisotopic (exact) mass is 509 g/mol. The minimum atomic E-state index is -4.14. The highest BCUT2D eigenvalue weighted by Crippen LogP contribution is 2.34. The van der Waals surface area contributed by atoms with Crippen LogP contribution in [0.5, 0.6) is 11.6 Å². The first-order valence-electron chi connectivity index (χ1n) is 11.5. The van der Waals surface area contributed by atoms with E-state index in [4.69, 9.17) is 9.47 Å². The molecule has 35 heavy (non-hydrogen) atoms. The van der Waals surface area contributed by atoms with E-state index in [1.807, 2.05) is 6.92 Å². The van der Waals surface area contributed by atoms with Crippen LogP contribution in [0, 0.1) is 17.0 Å². The Morgan fingerprint density at radius 3 is 2.74 bits per heavy atom. The number of non-ortho nitro benzene ring substituents is 1. The molecule has 1 amide bonds. The lowest BCUT2D eigenvalue weighted by Crippen LogP contribution is -2.32. The molecule has 0 bridgehead atoms. The van der Waals surface area contributed by atoms with Crippen molar-refractivity contribution >= 4 is 21.6 Å². The molecule has 12 nitrogen and oxygen atoms in total. The van der Waals surface area contributed by atoms with Gasteiger partial charge in [-0.1, -0.05) is 6.92 Å². The van der Waals surface area contributed by atoms with Gasteiger partial charge in [0.1, 0.15) is 10.6 Å². The summed E-state index contributed by atoms with van der Waals surface area (Å²) in [6, 6.07) is 2.95. The summed E-state index contributed by atoms with van der Waals surface area (Å²) in [5, 5.41) is 18.5. The molecular weight excluding hydrogens is 478 g/mol. The van der Waals surface area contributed by atoms with Crippen LogP contribution in [0.15, 0.2) is 23.1 Å². The number of amides is 1. The molecule has 3 rings (SSSR count). The average Bonchev–Trinajstić information content (AvgIpc) is 3.45. The number of nitro benzene ring substituents is 1. The molecule has 2 atom stereocenters. The fraction of sp³-hybridized carbons (Fsp3) is 0.545. The molecule has 0 radical (unpaired) electrons. The number of sulfonamides is 1. The fourth-order valence-corrected chi connectivity index (χ4v) is 5.09. The largest absolute Gasteiger partial charge is 0.438 e. The molecule has 1 aliphatic heterocycles. The maximum atomic E-state index is 13.0. The number of nitro groups is 1. The Bertz CT molecular complexity index is 1190. The van der Waals surface area contributed by atoms with Crippen molar-refractivity contribution in [2.24, 2.45) is 0 Å². The third-order valence-corrected chi connectivity index (χ3v) is 7.37. The topological polar surface area (TPSA) is 155 Å². The van der Waals surface area contributed by atoms with Crippen LogP contribution in [0.1, 0.15) is 56.1 Å². The highest BCUT2D eigenvalue weighted by molar-refractivity contribution is 7.89.